The van der Waals surface area contributed by atoms with Gasteiger partial charge >= 0.3 is 0 Å². The summed E-state index contributed by atoms with van der Waals surface area (Å²) in [6.45, 7) is 1.40. The largest absolute Gasteiger partial charge is 0.467 e. The maximum absolute atomic E-state index is 12.9. The van der Waals surface area contributed by atoms with Crippen molar-refractivity contribution < 1.29 is 18.7 Å². The highest BCUT2D eigenvalue weighted by molar-refractivity contribution is 8.26. The van der Waals surface area contributed by atoms with E-state index < -0.39 is 0 Å². The molecule has 1 N–H and O–H groups in total. The third kappa shape index (κ3) is 4.73. The maximum atomic E-state index is 12.9. The normalized spacial score (nSPS) is 15.4. The fraction of sp³-hybridized carbons (Fsp3) is 0.227. The van der Waals surface area contributed by atoms with Gasteiger partial charge in [-0.1, -0.05) is 42.2 Å². The van der Waals surface area contributed by atoms with Gasteiger partial charge in [0.05, 0.1) is 24.3 Å². The molecule has 0 radical (unpaired) electrons. The molecule has 1 aliphatic heterocycles. The predicted octanol–water partition coefficient (Wildman–Crippen LogP) is 3.40. The Morgan fingerprint density at radius 1 is 1.29 bits per heavy atom. The fourth-order valence-electron chi connectivity index (χ4n) is 3.36. The van der Waals surface area contributed by atoms with Crippen LogP contribution in [-0.2, 0) is 27.4 Å². The van der Waals surface area contributed by atoms with E-state index in [2.05, 4.69) is 5.32 Å². The molecular weight excluding hydrogens is 434 g/mol. The second-order valence-electron chi connectivity index (χ2n) is 6.92. The summed E-state index contributed by atoms with van der Waals surface area (Å²) in [6, 6.07) is 11.4. The molecule has 160 valence electrons. The molecule has 1 fully saturated rings. The number of nitrogens with one attached hydrogen (secondary N) is 1. The second-order valence-corrected chi connectivity index (χ2v) is 8.60. The van der Waals surface area contributed by atoms with Crippen LogP contribution in [0.15, 0.2) is 58.2 Å². The van der Waals surface area contributed by atoms with E-state index in [1.165, 1.54) is 16.7 Å². The van der Waals surface area contributed by atoms with Crippen molar-refractivity contribution >= 4 is 57.1 Å². The quantitative estimate of drug-likeness (QED) is 0.319. The average Bonchev–Trinajstić information content (AvgIpc) is 3.45. The first-order valence-electron chi connectivity index (χ1n) is 9.68. The van der Waals surface area contributed by atoms with E-state index in [4.69, 9.17) is 21.4 Å². The number of methoxy groups -OCH3 is 1. The predicted molar refractivity (Wildman–Crippen MR) is 124 cm³/mol. The molecule has 1 aromatic carbocycles. The van der Waals surface area contributed by atoms with E-state index in [1.807, 2.05) is 47.2 Å². The van der Waals surface area contributed by atoms with Crippen molar-refractivity contribution in [3.8, 4) is 0 Å². The molecule has 3 heterocycles. The van der Waals surface area contributed by atoms with Crippen LogP contribution in [0.1, 0.15) is 11.3 Å². The van der Waals surface area contributed by atoms with Gasteiger partial charge in [0.25, 0.3) is 5.91 Å². The molecule has 1 saturated heterocycles. The Kier molecular flexibility index (Phi) is 6.55. The molecule has 2 aromatic heterocycles. The van der Waals surface area contributed by atoms with Crippen LogP contribution in [0.25, 0.3) is 17.0 Å². The number of amides is 2. The topological polar surface area (TPSA) is 76.7 Å². The smallest absolute Gasteiger partial charge is 0.266 e. The highest BCUT2D eigenvalue weighted by atomic mass is 32.2. The van der Waals surface area contributed by atoms with E-state index in [1.54, 1.807) is 19.4 Å². The van der Waals surface area contributed by atoms with Crippen LogP contribution in [0.5, 0.6) is 0 Å². The number of nitrogens with zero attached hydrogens (tertiary/aromatic N) is 2. The van der Waals surface area contributed by atoms with Crippen LogP contribution in [0, 0.1) is 0 Å². The molecule has 0 aliphatic carbocycles. The lowest BCUT2D eigenvalue weighted by Crippen LogP contribution is -2.30. The second kappa shape index (κ2) is 9.51. The van der Waals surface area contributed by atoms with Crippen LogP contribution in [0.4, 0.5) is 0 Å². The summed E-state index contributed by atoms with van der Waals surface area (Å²) in [5, 5.41) is 3.79. The maximum Gasteiger partial charge on any atom is 0.266 e. The van der Waals surface area contributed by atoms with E-state index in [9.17, 15) is 9.59 Å². The zero-order chi connectivity index (χ0) is 21.8. The minimum atomic E-state index is -0.152. The molecule has 9 heteroatoms. The third-order valence-electron chi connectivity index (χ3n) is 4.82. The zero-order valence-corrected chi connectivity index (χ0v) is 18.5. The number of thioether (sulfide) groups is 1. The number of carbonyl (C=O) groups excluding carboxylic acids is 2. The van der Waals surface area contributed by atoms with E-state index in [0.29, 0.717) is 34.7 Å². The number of ether oxygens (including phenoxy) is 1. The molecule has 0 atom stereocenters. The number of hydrogen-bond donors (Lipinski definition) is 1. The molecule has 1 aliphatic rings. The van der Waals surface area contributed by atoms with Crippen LogP contribution in [-0.4, -0.2) is 45.9 Å². The molecule has 0 unspecified atom stereocenters. The molecule has 7 nitrogen and oxygen atoms in total. The van der Waals surface area contributed by atoms with Crippen molar-refractivity contribution in [3.05, 3.63) is 65.1 Å². The molecule has 3 aromatic rings. The number of para-hydroxylation sites is 1. The standard InChI is InChI=1S/C22H21N3O4S2/c1-28-10-8-23-20(26)14-24-12-15(17-6-2-3-7-18(17)24)11-19-21(27)25(22(30)31-19)13-16-5-4-9-29-16/h2-7,9,11-12H,8,10,13-14H2,1H3,(H,23,26)/b19-11-. The summed E-state index contributed by atoms with van der Waals surface area (Å²) < 4.78 is 12.7. The average molecular weight is 456 g/mol. The Labute approximate surface area is 189 Å². The summed E-state index contributed by atoms with van der Waals surface area (Å²) in [6.07, 6.45) is 5.30. The summed E-state index contributed by atoms with van der Waals surface area (Å²) in [7, 11) is 1.59. The van der Waals surface area contributed by atoms with Gasteiger partial charge in [0.1, 0.15) is 16.6 Å². The van der Waals surface area contributed by atoms with Crippen LogP contribution >= 0.6 is 24.0 Å². The van der Waals surface area contributed by atoms with Crippen LogP contribution in [0.2, 0.25) is 0 Å². The monoisotopic (exact) mass is 455 g/mol. The number of aromatic nitrogens is 1. The summed E-state index contributed by atoms with van der Waals surface area (Å²) >= 11 is 6.68. The SMILES string of the molecule is COCCNC(=O)Cn1cc(/C=C2\SC(=S)N(Cc3ccco3)C2=O)c2ccccc21. The molecule has 4 rings (SSSR count). The van der Waals surface area contributed by atoms with Crippen LogP contribution in [0.3, 0.4) is 0 Å². The fourth-order valence-corrected chi connectivity index (χ4v) is 4.61. The minimum Gasteiger partial charge on any atom is -0.467 e. The minimum absolute atomic E-state index is 0.103. The summed E-state index contributed by atoms with van der Waals surface area (Å²) in [5.74, 6) is 0.420. The number of thiocarbonyl (C=S) groups is 1. The number of fused-ring (bicyclic) bond motifs is 1. The Morgan fingerprint density at radius 2 is 2.13 bits per heavy atom. The van der Waals surface area contributed by atoms with Crippen molar-refractivity contribution in [2.24, 2.45) is 0 Å². The summed E-state index contributed by atoms with van der Waals surface area (Å²) in [4.78, 5) is 27.3. The first-order chi connectivity index (χ1) is 15.1. The number of furan rings is 1. The molecular formula is C22H21N3O4S2. The Bertz CT molecular complexity index is 1150. The lowest BCUT2D eigenvalue weighted by atomic mass is 10.1. The first-order valence-corrected chi connectivity index (χ1v) is 10.9. The lowest BCUT2D eigenvalue weighted by molar-refractivity contribution is -0.123. The van der Waals surface area contributed by atoms with Crippen molar-refractivity contribution in [3.63, 3.8) is 0 Å². The van der Waals surface area contributed by atoms with Gasteiger partial charge in [-0.3, -0.25) is 14.5 Å². The number of carbonyl (C=O) groups is 2. The first kappa shape index (κ1) is 21.4. The summed E-state index contributed by atoms with van der Waals surface area (Å²) in [5.41, 5.74) is 1.78. The van der Waals surface area contributed by atoms with Gasteiger partial charge in [0.15, 0.2) is 0 Å². The molecule has 0 saturated carbocycles. The van der Waals surface area contributed by atoms with Gasteiger partial charge in [0.2, 0.25) is 5.91 Å². The zero-order valence-electron chi connectivity index (χ0n) is 16.9. The third-order valence-corrected chi connectivity index (χ3v) is 6.19. The molecule has 2 amide bonds. The molecule has 0 bridgehead atoms. The lowest BCUT2D eigenvalue weighted by Gasteiger charge is -2.11. The van der Waals surface area contributed by atoms with E-state index in [0.717, 1.165) is 16.5 Å². The van der Waals surface area contributed by atoms with Gasteiger partial charge in [-0.2, -0.15) is 0 Å². The van der Waals surface area contributed by atoms with Crippen molar-refractivity contribution in [2.75, 3.05) is 20.3 Å². The van der Waals surface area contributed by atoms with Gasteiger partial charge in [-0.25, -0.2) is 0 Å². The van der Waals surface area contributed by atoms with Gasteiger partial charge in [-0.15, -0.1) is 0 Å². The Morgan fingerprint density at radius 3 is 2.90 bits per heavy atom. The van der Waals surface area contributed by atoms with Gasteiger partial charge in [-0.05, 0) is 24.3 Å². The highest BCUT2D eigenvalue weighted by Crippen LogP contribution is 2.35. The van der Waals surface area contributed by atoms with Gasteiger partial charge < -0.3 is 19.0 Å². The Balaban J connectivity index is 1.58. The Hall–Kier alpha value is -2.88. The van der Waals surface area contributed by atoms with Crippen molar-refractivity contribution in [1.82, 2.24) is 14.8 Å². The number of hydrogen-bond acceptors (Lipinski definition) is 6. The van der Waals surface area contributed by atoms with Crippen LogP contribution < -0.4 is 5.32 Å². The van der Waals surface area contributed by atoms with Crippen molar-refractivity contribution in [1.29, 1.82) is 0 Å². The highest BCUT2D eigenvalue weighted by Gasteiger charge is 2.32. The molecule has 0 spiro atoms. The number of rotatable bonds is 8. The van der Waals surface area contributed by atoms with Gasteiger partial charge in [0, 0.05) is 36.3 Å². The van der Waals surface area contributed by atoms with E-state index in [-0.39, 0.29) is 18.4 Å². The van der Waals surface area contributed by atoms with Crippen molar-refractivity contribution in [2.45, 2.75) is 13.1 Å². The number of benzene rings is 1. The molecule has 31 heavy (non-hydrogen) atoms. The van der Waals surface area contributed by atoms with E-state index >= 15 is 0 Å².